The van der Waals surface area contributed by atoms with E-state index in [0.29, 0.717) is 5.41 Å². The van der Waals surface area contributed by atoms with Crippen LogP contribution in [0.2, 0.25) is 0 Å². The van der Waals surface area contributed by atoms with Crippen LogP contribution in [0, 0.1) is 5.41 Å². The van der Waals surface area contributed by atoms with Crippen LogP contribution >= 0.6 is 0 Å². The standard InChI is InChI=1S/C13H28N2/c1-5-13(6-2)7-9-15(10-8-13)12(3,4)11-14/h5-11,14H2,1-4H3. The molecule has 0 aliphatic carbocycles. The van der Waals surface area contributed by atoms with Gasteiger partial charge in [-0.05, 0) is 45.2 Å². The van der Waals surface area contributed by atoms with Crippen LogP contribution < -0.4 is 5.73 Å². The van der Waals surface area contributed by atoms with Gasteiger partial charge in [-0.25, -0.2) is 0 Å². The molecule has 0 aromatic carbocycles. The number of likely N-dealkylation sites (tertiary alicyclic amines) is 1. The Bertz CT molecular complexity index is 185. The molecule has 1 fully saturated rings. The van der Waals surface area contributed by atoms with Crippen LogP contribution in [0.3, 0.4) is 0 Å². The Kier molecular flexibility index (Phi) is 4.19. The first-order valence-electron chi connectivity index (χ1n) is 6.45. The largest absolute Gasteiger partial charge is 0.329 e. The number of hydrogen-bond donors (Lipinski definition) is 1. The van der Waals surface area contributed by atoms with E-state index in [1.165, 1.54) is 38.8 Å². The lowest BCUT2D eigenvalue weighted by molar-refractivity contribution is 0.0336. The first kappa shape index (κ1) is 13.0. The van der Waals surface area contributed by atoms with Gasteiger partial charge in [-0.15, -0.1) is 0 Å². The van der Waals surface area contributed by atoms with Crippen molar-refractivity contribution in [1.82, 2.24) is 4.90 Å². The lowest BCUT2D eigenvalue weighted by Gasteiger charge is -2.47. The van der Waals surface area contributed by atoms with Gasteiger partial charge in [0.25, 0.3) is 0 Å². The van der Waals surface area contributed by atoms with Crippen LogP contribution in [0.4, 0.5) is 0 Å². The molecule has 1 heterocycles. The van der Waals surface area contributed by atoms with Crippen molar-refractivity contribution in [3.8, 4) is 0 Å². The number of rotatable bonds is 4. The number of nitrogens with two attached hydrogens (primary N) is 1. The minimum atomic E-state index is 0.188. The van der Waals surface area contributed by atoms with Crippen LogP contribution in [0.1, 0.15) is 53.4 Å². The minimum absolute atomic E-state index is 0.188. The van der Waals surface area contributed by atoms with Gasteiger partial charge >= 0.3 is 0 Å². The maximum Gasteiger partial charge on any atom is 0.0275 e. The van der Waals surface area contributed by atoms with E-state index in [9.17, 15) is 0 Å². The molecular formula is C13H28N2. The maximum atomic E-state index is 5.83. The summed E-state index contributed by atoms with van der Waals surface area (Å²) in [6.07, 6.45) is 5.37. The quantitative estimate of drug-likeness (QED) is 0.776. The molecule has 2 nitrogen and oxygen atoms in total. The summed E-state index contributed by atoms with van der Waals surface area (Å²) in [6, 6.07) is 0. The fourth-order valence-electron chi connectivity index (χ4n) is 2.67. The Morgan fingerprint density at radius 3 is 1.93 bits per heavy atom. The van der Waals surface area contributed by atoms with E-state index in [4.69, 9.17) is 5.73 Å². The van der Waals surface area contributed by atoms with Crippen molar-refractivity contribution >= 4 is 0 Å². The Hall–Kier alpha value is -0.0800. The molecule has 90 valence electrons. The van der Waals surface area contributed by atoms with E-state index in [1.54, 1.807) is 0 Å². The summed E-state index contributed by atoms with van der Waals surface area (Å²) in [7, 11) is 0. The fourth-order valence-corrected chi connectivity index (χ4v) is 2.67. The Morgan fingerprint density at radius 1 is 1.13 bits per heavy atom. The van der Waals surface area contributed by atoms with Crippen LogP contribution in [0.25, 0.3) is 0 Å². The molecule has 0 bridgehead atoms. The van der Waals surface area contributed by atoms with Crippen molar-refractivity contribution in [2.24, 2.45) is 11.1 Å². The summed E-state index contributed by atoms with van der Waals surface area (Å²) in [5.74, 6) is 0. The number of nitrogens with zero attached hydrogens (tertiary/aromatic N) is 1. The van der Waals surface area contributed by atoms with Gasteiger partial charge in [0, 0.05) is 12.1 Å². The Balaban J connectivity index is 2.55. The van der Waals surface area contributed by atoms with Crippen LogP contribution in [-0.4, -0.2) is 30.1 Å². The second kappa shape index (κ2) is 4.84. The molecule has 0 aromatic heterocycles. The highest BCUT2D eigenvalue weighted by molar-refractivity contribution is 4.90. The molecule has 2 heteroatoms. The second-order valence-electron chi connectivity index (χ2n) is 5.71. The van der Waals surface area contributed by atoms with Gasteiger partial charge in [-0.2, -0.15) is 0 Å². The van der Waals surface area contributed by atoms with E-state index in [1.807, 2.05) is 0 Å². The SMILES string of the molecule is CCC1(CC)CCN(C(C)(C)CN)CC1. The number of piperidine rings is 1. The van der Waals surface area contributed by atoms with Gasteiger partial charge < -0.3 is 5.73 Å². The molecule has 0 spiro atoms. The molecule has 1 saturated heterocycles. The van der Waals surface area contributed by atoms with Crippen molar-refractivity contribution in [2.75, 3.05) is 19.6 Å². The molecule has 0 unspecified atom stereocenters. The topological polar surface area (TPSA) is 29.3 Å². The van der Waals surface area contributed by atoms with Gasteiger partial charge in [-0.3, -0.25) is 4.90 Å². The predicted molar refractivity (Wildman–Crippen MR) is 67.0 cm³/mol. The van der Waals surface area contributed by atoms with Crippen LogP contribution in [-0.2, 0) is 0 Å². The monoisotopic (exact) mass is 212 g/mol. The zero-order valence-electron chi connectivity index (χ0n) is 11.0. The smallest absolute Gasteiger partial charge is 0.0275 e. The van der Waals surface area contributed by atoms with Crippen molar-refractivity contribution < 1.29 is 0 Å². The van der Waals surface area contributed by atoms with Crippen LogP contribution in [0.5, 0.6) is 0 Å². The van der Waals surface area contributed by atoms with Gasteiger partial charge in [0.1, 0.15) is 0 Å². The molecule has 0 saturated carbocycles. The van der Waals surface area contributed by atoms with Crippen molar-refractivity contribution in [3.05, 3.63) is 0 Å². The van der Waals surface area contributed by atoms with Gasteiger partial charge in [-0.1, -0.05) is 26.7 Å². The maximum absolute atomic E-state index is 5.83. The van der Waals surface area contributed by atoms with Gasteiger partial charge in [0.2, 0.25) is 0 Å². The molecule has 0 aromatic rings. The summed E-state index contributed by atoms with van der Waals surface area (Å²) in [5, 5.41) is 0. The Morgan fingerprint density at radius 2 is 1.60 bits per heavy atom. The Labute approximate surface area is 95.2 Å². The molecule has 0 atom stereocenters. The van der Waals surface area contributed by atoms with E-state index in [-0.39, 0.29) is 5.54 Å². The molecule has 15 heavy (non-hydrogen) atoms. The van der Waals surface area contributed by atoms with Crippen molar-refractivity contribution in [1.29, 1.82) is 0 Å². The fraction of sp³-hybridized carbons (Fsp3) is 1.00. The molecular weight excluding hydrogens is 184 g/mol. The normalized spacial score (nSPS) is 23.0. The zero-order chi connectivity index (χ0) is 11.5. The number of hydrogen-bond acceptors (Lipinski definition) is 2. The van der Waals surface area contributed by atoms with Gasteiger partial charge in [0.15, 0.2) is 0 Å². The molecule has 1 aliphatic heterocycles. The van der Waals surface area contributed by atoms with Crippen molar-refractivity contribution in [3.63, 3.8) is 0 Å². The molecule has 1 aliphatic rings. The summed E-state index contributed by atoms with van der Waals surface area (Å²) >= 11 is 0. The highest BCUT2D eigenvalue weighted by Gasteiger charge is 2.35. The first-order chi connectivity index (χ1) is 6.99. The van der Waals surface area contributed by atoms with Crippen LogP contribution in [0.15, 0.2) is 0 Å². The lowest BCUT2D eigenvalue weighted by atomic mass is 9.73. The van der Waals surface area contributed by atoms with Crippen molar-refractivity contribution in [2.45, 2.75) is 58.9 Å². The average molecular weight is 212 g/mol. The predicted octanol–water partition coefficient (Wildman–Crippen LogP) is 2.63. The zero-order valence-corrected chi connectivity index (χ0v) is 11.0. The second-order valence-corrected chi connectivity index (χ2v) is 5.71. The summed E-state index contributed by atoms with van der Waals surface area (Å²) in [6.45, 7) is 12.4. The summed E-state index contributed by atoms with van der Waals surface area (Å²) < 4.78 is 0. The molecule has 0 amide bonds. The summed E-state index contributed by atoms with van der Waals surface area (Å²) in [4.78, 5) is 2.57. The van der Waals surface area contributed by atoms with E-state index >= 15 is 0 Å². The lowest BCUT2D eigenvalue weighted by Crippen LogP contribution is -2.54. The highest BCUT2D eigenvalue weighted by atomic mass is 15.2. The third-order valence-electron chi connectivity index (χ3n) is 4.68. The van der Waals surface area contributed by atoms with E-state index in [2.05, 4.69) is 32.6 Å². The average Bonchev–Trinajstić information content (AvgIpc) is 2.29. The van der Waals surface area contributed by atoms with E-state index in [0.717, 1.165) is 6.54 Å². The molecule has 1 rings (SSSR count). The molecule has 2 N–H and O–H groups in total. The first-order valence-corrected chi connectivity index (χ1v) is 6.45. The third kappa shape index (κ3) is 2.73. The minimum Gasteiger partial charge on any atom is -0.329 e. The molecule has 0 radical (unpaired) electrons. The van der Waals surface area contributed by atoms with Gasteiger partial charge in [0.05, 0.1) is 0 Å². The summed E-state index contributed by atoms with van der Waals surface area (Å²) in [5.41, 5.74) is 6.64. The third-order valence-corrected chi connectivity index (χ3v) is 4.68. The van der Waals surface area contributed by atoms with E-state index < -0.39 is 0 Å². The highest BCUT2D eigenvalue weighted by Crippen LogP contribution is 2.39.